The van der Waals surface area contributed by atoms with Crippen LogP contribution in [-0.4, -0.2) is 18.3 Å². The minimum atomic E-state index is 0.259. The molecule has 0 radical (unpaired) electrons. The lowest BCUT2D eigenvalue weighted by Gasteiger charge is -2.40. The zero-order valence-corrected chi connectivity index (χ0v) is 10.3. The predicted octanol–water partition coefficient (Wildman–Crippen LogP) is 2.75. The summed E-state index contributed by atoms with van der Waals surface area (Å²) in [6.45, 7) is 1.46. The average molecular weight is 231 g/mol. The first kappa shape index (κ1) is 11.1. The predicted molar refractivity (Wildman–Crippen MR) is 70.3 cm³/mol. The molecule has 1 aliphatic heterocycles. The van der Waals surface area contributed by atoms with Gasteiger partial charge < -0.3 is 10.4 Å². The topological polar surface area (TPSA) is 32.3 Å². The van der Waals surface area contributed by atoms with Gasteiger partial charge in [0.25, 0.3) is 0 Å². The summed E-state index contributed by atoms with van der Waals surface area (Å²) in [6.07, 6.45) is 7.19. The second-order valence-electron chi connectivity index (χ2n) is 5.63. The van der Waals surface area contributed by atoms with Crippen LogP contribution in [0.2, 0.25) is 0 Å². The molecule has 1 heterocycles. The lowest BCUT2D eigenvalue weighted by Crippen LogP contribution is -2.33. The second-order valence-corrected chi connectivity index (χ2v) is 5.63. The highest BCUT2D eigenvalue weighted by atomic mass is 16.3. The van der Waals surface area contributed by atoms with E-state index < -0.39 is 0 Å². The highest BCUT2D eigenvalue weighted by Crippen LogP contribution is 2.44. The zero-order valence-electron chi connectivity index (χ0n) is 10.3. The molecule has 2 heteroatoms. The van der Waals surface area contributed by atoms with Gasteiger partial charge in [0.2, 0.25) is 0 Å². The minimum absolute atomic E-state index is 0.259. The Hall–Kier alpha value is -1.02. The van der Waals surface area contributed by atoms with Crippen molar-refractivity contribution in [3.63, 3.8) is 0 Å². The summed E-state index contributed by atoms with van der Waals surface area (Å²) in [6, 6.07) is 6.59. The van der Waals surface area contributed by atoms with Gasteiger partial charge in [0, 0.05) is 18.8 Å². The van der Waals surface area contributed by atoms with E-state index in [1.807, 2.05) is 0 Å². The molecule has 17 heavy (non-hydrogen) atoms. The summed E-state index contributed by atoms with van der Waals surface area (Å²) >= 11 is 0. The first-order chi connectivity index (χ1) is 8.33. The molecule has 0 aromatic heterocycles. The summed E-state index contributed by atoms with van der Waals surface area (Å²) in [5, 5.41) is 12.9. The van der Waals surface area contributed by atoms with Crippen LogP contribution in [0, 0.1) is 5.41 Å². The number of aliphatic hydroxyl groups is 1. The molecule has 1 aliphatic carbocycles. The van der Waals surface area contributed by atoms with Crippen LogP contribution in [0.3, 0.4) is 0 Å². The van der Waals surface area contributed by atoms with E-state index in [0.29, 0.717) is 6.61 Å². The largest absolute Gasteiger partial charge is 0.396 e. The van der Waals surface area contributed by atoms with E-state index >= 15 is 0 Å². The van der Waals surface area contributed by atoms with Crippen LogP contribution in [0.5, 0.6) is 0 Å². The van der Waals surface area contributed by atoms with Crippen molar-refractivity contribution >= 4 is 5.69 Å². The number of rotatable bonds is 4. The SMILES string of the molecule is OCC1(CCc2cccc3c2CCN3)CCC1. The lowest BCUT2D eigenvalue weighted by atomic mass is 9.66. The number of benzene rings is 1. The molecule has 3 rings (SSSR count). The standard InChI is InChI=1S/C15H21NO/c17-11-15(7-2-8-15)9-5-12-3-1-4-14-13(12)6-10-16-14/h1,3-4,16-17H,2,5-11H2. The molecule has 0 spiro atoms. The van der Waals surface area contributed by atoms with Crippen molar-refractivity contribution < 1.29 is 5.11 Å². The van der Waals surface area contributed by atoms with Gasteiger partial charge in [-0.3, -0.25) is 0 Å². The fourth-order valence-electron chi connectivity index (χ4n) is 3.22. The average Bonchev–Trinajstić information content (AvgIpc) is 2.77. The Morgan fingerprint density at radius 1 is 1.29 bits per heavy atom. The van der Waals surface area contributed by atoms with Crippen LogP contribution in [-0.2, 0) is 12.8 Å². The Labute approximate surface area is 103 Å². The Morgan fingerprint density at radius 3 is 2.88 bits per heavy atom. The van der Waals surface area contributed by atoms with Gasteiger partial charge in [-0.05, 0) is 54.7 Å². The van der Waals surface area contributed by atoms with Crippen molar-refractivity contribution in [1.29, 1.82) is 0 Å². The van der Waals surface area contributed by atoms with Crippen LogP contribution in [0.1, 0.15) is 36.8 Å². The maximum absolute atomic E-state index is 9.50. The van der Waals surface area contributed by atoms with E-state index in [0.717, 1.165) is 25.8 Å². The summed E-state index contributed by atoms with van der Waals surface area (Å²) in [5.74, 6) is 0. The van der Waals surface area contributed by atoms with Crippen LogP contribution in [0.25, 0.3) is 0 Å². The van der Waals surface area contributed by atoms with Crippen molar-refractivity contribution in [2.75, 3.05) is 18.5 Å². The summed E-state index contributed by atoms with van der Waals surface area (Å²) < 4.78 is 0. The quantitative estimate of drug-likeness (QED) is 0.835. The smallest absolute Gasteiger partial charge is 0.0487 e. The monoisotopic (exact) mass is 231 g/mol. The van der Waals surface area contributed by atoms with Gasteiger partial charge in [-0.2, -0.15) is 0 Å². The molecule has 0 atom stereocenters. The maximum atomic E-state index is 9.50. The zero-order chi connectivity index (χ0) is 11.7. The highest BCUT2D eigenvalue weighted by Gasteiger charge is 2.35. The van der Waals surface area contributed by atoms with Gasteiger partial charge in [0.15, 0.2) is 0 Å². The van der Waals surface area contributed by atoms with Crippen molar-refractivity contribution in [2.24, 2.45) is 5.41 Å². The normalized spacial score (nSPS) is 20.5. The third kappa shape index (κ3) is 1.95. The molecule has 0 saturated heterocycles. The molecule has 0 bridgehead atoms. The molecule has 0 amide bonds. The van der Waals surface area contributed by atoms with Gasteiger partial charge in [-0.15, -0.1) is 0 Å². The molecule has 1 saturated carbocycles. The molecular weight excluding hydrogens is 210 g/mol. The van der Waals surface area contributed by atoms with E-state index in [2.05, 4.69) is 23.5 Å². The maximum Gasteiger partial charge on any atom is 0.0487 e. The van der Waals surface area contributed by atoms with Crippen LogP contribution >= 0.6 is 0 Å². The van der Waals surface area contributed by atoms with Crippen molar-refractivity contribution in [3.8, 4) is 0 Å². The first-order valence-corrected chi connectivity index (χ1v) is 6.79. The molecule has 92 valence electrons. The van der Waals surface area contributed by atoms with Crippen LogP contribution in [0.15, 0.2) is 18.2 Å². The molecule has 2 aliphatic rings. The fourth-order valence-corrected chi connectivity index (χ4v) is 3.22. The van der Waals surface area contributed by atoms with Crippen molar-refractivity contribution in [2.45, 2.75) is 38.5 Å². The van der Waals surface area contributed by atoms with Gasteiger partial charge in [0.05, 0.1) is 0 Å². The number of fused-ring (bicyclic) bond motifs is 1. The van der Waals surface area contributed by atoms with Gasteiger partial charge in [-0.25, -0.2) is 0 Å². The number of nitrogens with one attached hydrogen (secondary N) is 1. The molecule has 1 fully saturated rings. The van der Waals surface area contributed by atoms with Crippen molar-refractivity contribution in [3.05, 3.63) is 29.3 Å². The van der Waals surface area contributed by atoms with E-state index in [4.69, 9.17) is 0 Å². The van der Waals surface area contributed by atoms with Crippen LogP contribution in [0.4, 0.5) is 5.69 Å². The molecular formula is C15H21NO. The van der Waals surface area contributed by atoms with E-state index in [1.54, 1.807) is 0 Å². The number of anilines is 1. The summed E-state index contributed by atoms with van der Waals surface area (Å²) in [5.41, 5.74) is 4.59. The third-order valence-electron chi connectivity index (χ3n) is 4.64. The Morgan fingerprint density at radius 2 is 2.18 bits per heavy atom. The summed E-state index contributed by atoms with van der Waals surface area (Å²) in [4.78, 5) is 0. The molecule has 2 N–H and O–H groups in total. The second kappa shape index (κ2) is 4.34. The molecule has 0 unspecified atom stereocenters. The number of aliphatic hydroxyl groups excluding tert-OH is 1. The first-order valence-electron chi connectivity index (χ1n) is 6.79. The molecule has 2 nitrogen and oxygen atoms in total. The van der Waals surface area contributed by atoms with Gasteiger partial charge in [0.1, 0.15) is 0 Å². The summed E-state index contributed by atoms with van der Waals surface area (Å²) in [7, 11) is 0. The Bertz CT molecular complexity index is 404. The highest BCUT2D eigenvalue weighted by molar-refractivity contribution is 5.58. The lowest BCUT2D eigenvalue weighted by molar-refractivity contribution is 0.0364. The number of hydrogen-bond acceptors (Lipinski definition) is 2. The van der Waals surface area contributed by atoms with Gasteiger partial charge >= 0.3 is 0 Å². The molecule has 1 aromatic rings. The Balaban J connectivity index is 1.71. The Kier molecular flexibility index (Phi) is 2.83. The third-order valence-corrected chi connectivity index (χ3v) is 4.64. The fraction of sp³-hybridized carbons (Fsp3) is 0.600. The van der Waals surface area contributed by atoms with E-state index in [9.17, 15) is 5.11 Å². The van der Waals surface area contributed by atoms with E-state index in [1.165, 1.54) is 36.1 Å². The van der Waals surface area contributed by atoms with Gasteiger partial charge in [-0.1, -0.05) is 18.6 Å². The van der Waals surface area contributed by atoms with Crippen LogP contribution < -0.4 is 5.32 Å². The minimum Gasteiger partial charge on any atom is -0.396 e. The van der Waals surface area contributed by atoms with E-state index in [-0.39, 0.29) is 5.41 Å². The van der Waals surface area contributed by atoms with Crippen molar-refractivity contribution in [1.82, 2.24) is 0 Å². The molecule has 1 aromatic carbocycles. The number of aryl methyl sites for hydroxylation is 1. The number of hydrogen-bond donors (Lipinski definition) is 2.